The summed E-state index contributed by atoms with van der Waals surface area (Å²) in [5, 5.41) is 0.668. The van der Waals surface area contributed by atoms with Crippen LogP contribution >= 0.6 is 11.3 Å². The van der Waals surface area contributed by atoms with Gasteiger partial charge in [-0.15, -0.1) is 11.3 Å². The van der Waals surface area contributed by atoms with E-state index >= 15 is 0 Å². The van der Waals surface area contributed by atoms with Crippen molar-refractivity contribution in [3.8, 4) is 0 Å². The number of aromatic nitrogens is 1. The lowest BCUT2D eigenvalue weighted by Gasteiger charge is -2.31. The van der Waals surface area contributed by atoms with Gasteiger partial charge in [-0.3, -0.25) is 4.90 Å². The molecule has 1 unspecified atom stereocenters. The lowest BCUT2D eigenvalue weighted by molar-refractivity contribution is 0.0880. The Morgan fingerprint density at radius 3 is 3.12 bits per heavy atom. The highest BCUT2D eigenvalue weighted by Crippen LogP contribution is 2.35. The Morgan fingerprint density at radius 2 is 2.53 bits per heavy atom. The summed E-state index contributed by atoms with van der Waals surface area (Å²) in [6.45, 7) is 4.21. The van der Waals surface area contributed by atoms with Crippen molar-refractivity contribution in [1.82, 2.24) is 9.88 Å². The molecule has 4 nitrogen and oxygen atoms in total. The predicted octanol–water partition coefficient (Wildman–Crippen LogP) is 2.29. The Balaban J connectivity index is 2.12. The Labute approximate surface area is 107 Å². The molecule has 0 bridgehead atoms. The molecule has 0 saturated carbocycles. The molecule has 0 amide bonds. The first-order valence-corrected chi connectivity index (χ1v) is 7.03. The van der Waals surface area contributed by atoms with Crippen LogP contribution in [0.1, 0.15) is 37.1 Å². The van der Waals surface area contributed by atoms with Crippen molar-refractivity contribution in [2.45, 2.75) is 38.3 Å². The van der Waals surface area contributed by atoms with Crippen molar-refractivity contribution >= 4 is 16.5 Å². The number of likely N-dealkylation sites (tertiary alicyclic amines) is 1. The third-order valence-corrected chi connectivity index (χ3v) is 4.37. The van der Waals surface area contributed by atoms with Gasteiger partial charge >= 0.3 is 0 Å². The number of rotatable bonds is 5. The minimum Gasteiger partial charge on any atom is -0.383 e. The van der Waals surface area contributed by atoms with Crippen LogP contribution in [0.15, 0.2) is 6.20 Å². The van der Waals surface area contributed by atoms with E-state index in [0.717, 1.165) is 19.6 Å². The number of nitrogen functional groups attached to an aromatic ring is 1. The summed E-state index contributed by atoms with van der Waals surface area (Å²) in [5.74, 6) is 0. The van der Waals surface area contributed by atoms with Crippen LogP contribution in [0, 0.1) is 0 Å². The fourth-order valence-electron chi connectivity index (χ4n) is 2.69. The molecule has 0 aliphatic carbocycles. The number of ether oxygens (including phenoxy) is 1. The topological polar surface area (TPSA) is 51.4 Å². The van der Waals surface area contributed by atoms with Gasteiger partial charge in [-0.05, 0) is 25.8 Å². The number of anilines is 1. The SMILES string of the molecule is CCC(c1cnc(N)s1)N1CCC[C@@H]1COC. The number of thiazole rings is 1. The summed E-state index contributed by atoms with van der Waals surface area (Å²) < 4.78 is 5.31. The van der Waals surface area contributed by atoms with Crippen LogP contribution in [-0.4, -0.2) is 36.2 Å². The van der Waals surface area contributed by atoms with Gasteiger partial charge in [0.05, 0.1) is 6.61 Å². The van der Waals surface area contributed by atoms with Gasteiger partial charge in [0.25, 0.3) is 0 Å². The average molecular weight is 255 g/mol. The van der Waals surface area contributed by atoms with Crippen LogP contribution in [0.2, 0.25) is 0 Å². The fraction of sp³-hybridized carbons (Fsp3) is 0.750. The Kier molecular flexibility index (Phi) is 4.36. The molecule has 96 valence electrons. The van der Waals surface area contributed by atoms with E-state index in [1.165, 1.54) is 17.7 Å². The van der Waals surface area contributed by atoms with Crippen molar-refractivity contribution in [3.63, 3.8) is 0 Å². The molecule has 2 N–H and O–H groups in total. The Morgan fingerprint density at radius 1 is 1.71 bits per heavy atom. The van der Waals surface area contributed by atoms with Crippen LogP contribution in [-0.2, 0) is 4.74 Å². The highest BCUT2D eigenvalue weighted by Gasteiger charge is 2.31. The molecule has 1 aromatic rings. The maximum atomic E-state index is 5.73. The highest BCUT2D eigenvalue weighted by molar-refractivity contribution is 7.15. The highest BCUT2D eigenvalue weighted by atomic mass is 32.1. The molecule has 17 heavy (non-hydrogen) atoms. The molecule has 0 radical (unpaired) electrons. The molecular formula is C12H21N3OS. The summed E-state index contributed by atoms with van der Waals surface area (Å²) in [7, 11) is 1.78. The summed E-state index contributed by atoms with van der Waals surface area (Å²) in [5.41, 5.74) is 5.73. The quantitative estimate of drug-likeness (QED) is 0.877. The van der Waals surface area contributed by atoms with Crippen LogP contribution in [0.4, 0.5) is 5.13 Å². The third kappa shape index (κ3) is 2.78. The van der Waals surface area contributed by atoms with Gasteiger partial charge in [0.2, 0.25) is 0 Å². The first-order chi connectivity index (χ1) is 8.26. The zero-order valence-corrected chi connectivity index (χ0v) is 11.4. The second-order valence-electron chi connectivity index (χ2n) is 4.51. The van der Waals surface area contributed by atoms with Gasteiger partial charge in [-0.1, -0.05) is 6.92 Å². The van der Waals surface area contributed by atoms with Crippen molar-refractivity contribution in [3.05, 3.63) is 11.1 Å². The zero-order valence-electron chi connectivity index (χ0n) is 10.6. The largest absolute Gasteiger partial charge is 0.383 e. The lowest BCUT2D eigenvalue weighted by Crippen LogP contribution is -2.35. The van der Waals surface area contributed by atoms with Crippen molar-refractivity contribution in [2.24, 2.45) is 0 Å². The molecule has 2 rings (SSSR count). The van der Waals surface area contributed by atoms with Crippen molar-refractivity contribution in [2.75, 3.05) is 26.0 Å². The number of methoxy groups -OCH3 is 1. The first-order valence-electron chi connectivity index (χ1n) is 6.22. The van der Waals surface area contributed by atoms with Crippen molar-refractivity contribution < 1.29 is 4.74 Å². The normalized spacial score (nSPS) is 23.1. The number of nitrogens with two attached hydrogens (primary N) is 1. The van der Waals surface area contributed by atoms with Gasteiger partial charge in [0.1, 0.15) is 0 Å². The molecule has 1 saturated heterocycles. The van der Waals surface area contributed by atoms with Gasteiger partial charge in [0, 0.05) is 30.3 Å². The Hall–Kier alpha value is -0.650. The second kappa shape index (κ2) is 5.80. The van der Waals surface area contributed by atoms with E-state index in [4.69, 9.17) is 10.5 Å². The molecule has 1 aromatic heterocycles. The molecule has 1 aliphatic rings. The maximum Gasteiger partial charge on any atom is 0.180 e. The van der Waals surface area contributed by atoms with E-state index in [2.05, 4.69) is 16.8 Å². The molecule has 0 spiro atoms. The summed E-state index contributed by atoms with van der Waals surface area (Å²) in [4.78, 5) is 8.00. The summed E-state index contributed by atoms with van der Waals surface area (Å²) in [6, 6.07) is 1.00. The minimum absolute atomic E-state index is 0.451. The number of nitrogens with zero attached hydrogens (tertiary/aromatic N) is 2. The molecular weight excluding hydrogens is 234 g/mol. The predicted molar refractivity (Wildman–Crippen MR) is 71.2 cm³/mol. The molecule has 0 aromatic carbocycles. The van der Waals surface area contributed by atoms with Gasteiger partial charge in [-0.2, -0.15) is 0 Å². The molecule has 2 heterocycles. The van der Waals surface area contributed by atoms with E-state index in [-0.39, 0.29) is 0 Å². The van der Waals surface area contributed by atoms with Gasteiger partial charge < -0.3 is 10.5 Å². The number of hydrogen-bond acceptors (Lipinski definition) is 5. The van der Waals surface area contributed by atoms with Crippen LogP contribution < -0.4 is 5.73 Å². The van der Waals surface area contributed by atoms with E-state index in [0.29, 0.717) is 17.2 Å². The summed E-state index contributed by atoms with van der Waals surface area (Å²) in [6.07, 6.45) is 5.52. The fourth-order valence-corrected chi connectivity index (χ4v) is 3.58. The zero-order chi connectivity index (χ0) is 12.3. The molecule has 1 fully saturated rings. The number of hydrogen-bond donors (Lipinski definition) is 1. The van der Waals surface area contributed by atoms with Crippen LogP contribution in [0.3, 0.4) is 0 Å². The standard InChI is InChI=1S/C12H21N3OS/c1-3-10(11-7-14-12(13)17-11)15-6-4-5-9(15)8-16-2/h7,9-10H,3-6,8H2,1-2H3,(H2,13,14)/t9-,10?/m1/s1. The van der Waals surface area contributed by atoms with E-state index < -0.39 is 0 Å². The first kappa shape index (κ1) is 12.8. The van der Waals surface area contributed by atoms with Crippen LogP contribution in [0.5, 0.6) is 0 Å². The van der Waals surface area contributed by atoms with E-state index in [9.17, 15) is 0 Å². The van der Waals surface area contributed by atoms with E-state index in [1.807, 2.05) is 6.20 Å². The van der Waals surface area contributed by atoms with Gasteiger partial charge in [0.15, 0.2) is 5.13 Å². The van der Waals surface area contributed by atoms with Crippen molar-refractivity contribution in [1.29, 1.82) is 0 Å². The average Bonchev–Trinajstić information content (AvgIpc) is 2.91. The molecule has 5 heteroatoms. The monoisotopic (exact) mass is 255 g/mol. The lowest BCUT2D eigenvalue weighted by atomic mass is 10.1. The van der Waals surface area contributed by atoms with Crippen LogP contribution in [0.25, 0.3) is 0 Å². The Bertz CT molecular complexity index is 355. The summed E-state index contributed by atoms with van der Waals surface area (Å²) >= 11 is 1.61. The smallest absolute Gasteiger partial charge is 0.180 e. The molecule has 1 aliphatic heterocycles. The molecule has 2 atom stereocenters. The van der Waals surface area contributed by atoms with E-state index in [1.54, 1.807) is 18.4 Å². The maximum absolute atomic E-state index is 5.73. The second-order valence-corrected chi connectivity index (χ2v) is 5.61. The third-order valence-electron chi connectivity index (χ3n) is 3.44. The van der Waals surface area contributed by atoms with Gasteiger partial charge in [-0.25, -0.2) is 4.98 Å². The minimum atomic E-state index is 0.451.